The third-order valence-electron chi connectivity index (χ3n) is 2.80. The van der Waals surface area contributed by atoms with Gasteiger partial charge < -0.3 is 15.0 Å². The van der Waals surface area contributed by atoms with Gasteiger partial charge in [-0.1, -0.05) is 12.1 Å². The van der Waals surface area contributed by atoms with Crippen molar-refractivity contribution in [1.82, 2.24) is 9.55 Å². The van der Waals surface area contributed by atoms with E-state index in [4.69, 9.17) is 10.5 Å². The number of nitrogens with zero attached hydrogens (tertiary/aromatic N) is 2. The normalized spacial score (nSPS) is 11.8. The highest BCUT2D eigenvalue weighted by Crippen LogP contribution is 2.21. The Bertz CT molecular complexity index is 526. The molecule has 0 saturated carbocycles. The van der Waals surface area contributed by atoms with Crippen LogP contribution in [-0.4, -0.2) is 16.7 Å². The number of hydrogen-bond acceptors (Lipinski definition) is 3. The molecule has 4 nitrogen and oxygen atoms in total. The molecule has 0 aliphatic heterocycles. The van der Waals surface area contributed by atoms with Gasteiger partial charge in [-0.05, 0) is 31.5 Å². The van der Waals surface area contributed by atoms with Gasteiger partial charge in [0.1, 0.15) is 0 Å². The second-order valence-corrected chi connectivity index (χ2v) is 4.97. The minimum Gasteiger partial charge on any atom is -0.380 e. The molecule has 2 rings (SSSR count). The van der Waals surface area contributed by atoms with Gasteiger partial charge >= 0.3 is 0 Å². The summed E-state index contributed by atoms with van der Waals surface area (Å²) in [5, 5.41) is 0. The third-order valence-corrected chi connectivity index (χ3v) is 2.80. The molecule has 0 spiro atoms. The van der Waals surface area contributed by atoms with E-state index in [1.807, 2.05) is 42.8 Å². The third kappa shape index (κ3) is 2.60. The molecule has 0 bridgehead atoms. The Balaban J connectivity index is 2.43. The number of rotatable bonds is 4. The molecule has 0 radical (unpaired) electrons. The van der Waals surface area contributed by atoms with Crippen molar-refractivity contribution in [3.63, 3.8) is 0 Å². The first-order chi connectivity index (χ1) is 8.52. The maximum atomic E-state index is 6.15. The summed E-state index contributed by atoms with van der Waals surface area (Å²) in [5.74, 6) is 0. The van der Waals surface area contributed by atoms with Gasteiger partial charge in [0.2, 0.25) is 0 Å². The summed E-state index contributed by atoms with van der Waals surface area (Å²) in [4.78, 5) is 4.19. The lowest BCUT2D eigenvalue weighted by Crippen LogP contribution is -2.31. The zero-order valence-corrected chi connectivity index (χ0v) is 11.1. The van der Waals surface area contributed by atoms with Crippen LogP contribution in [0.2, 0.25) is 0 Å². The highest BCUT2D eigenvalue weighted by molar-refractivity contribution is 5.38. The van der Waals surface area contributed by atoms with Crippen LogP contribution in [0, 0.1) is 0 Å². The zero-order chi connectivity index (χ0) is 13.2. The fourth-order valence-electron chi connectivity index (χ4n) is 1.94. The van der Waals surface area contributed by atoms with Crippen LogP contribution in [0.1, 0.15) is 25.1 Å². The van der Waals surface area contributed by atoms with E-state index in [9.17, 15) is 0 Å². The van der Waals surface area contributed by atoms with Crippen molar-refractivity contribution < 1.29 is 4.74 Å². The second-order valence-electron chi connectivity index (χ2n) is 4.97. The predicted octanol–water partition coefficient (Wildman–Crippen LogP) is 2.21. The lowest BCUT2D eigenvalue weighted by molar-refractivity contribution is 0.185. The van der Waals surface area contributed by atoms with Crippen molar-refractivity contribution in [2.75, 3.05) is 7.11 Å². The van der Waals surface area contributed by atoms with Crippen LogP contribution in [0.3, 0.4) is 0 Å². The number of benzene rings is 1. The van der Waals surface area contributed by atoms with Crippen molar-refractivity contribution in [1.29, 1.82) is 0 Å². The van der Waals surface area contributed by atoms with Gasteiger partial charge in [-0.3, -0.25) is 0 Å². The molecule has 1 heterocycles. The first-order valence-electron chi connectivity index (χ1n) is 5.92. The van der Waals surface area contributed by atoms with E-state index >= 15 is 0 Å². The highest BCUT2D eigenvalue weighted by Gasteiger charge is 2.19. The molecule has 2 N–H and O–H groups in total. The van der Waals surface area contributed by atoms with Crippen LogP contribution < -0.4 is 5.73 Å². The van der Waals surface area contributed by atoms with Gasteiger partial charge in [-0.2, -0.15) is 0 Å². The molecular weight excluding hydrogens is 226 g/mol. The molecule has 0 unspecified atom stereocenters. The van der Waals surface area contributed by atoms with Crippen LogP contribution in [0.4, 0.5) is 0 Å². The molecule has 1 aromatic carbocycles. The van der Waals surface area contributed by atoms with E-state index in [0.717, 1.165) is 16.9 Å². The number of methoxy groups -OCH3 is 1. The Morgan fingerprint density at radius 3 is 2.83 bits per heavy atom. The molecule has 0 aliphatic rings. The maximum absolute atomic E-state index is 6.15. The van der Waals surface area contributed by atoms with E-state index < -0.39 is 5.54 Å². The van der Waals surface area contributed by atoms with E-state index in [-0.39, 0.29) is 0 Å². The number of hydrogen-bond donors (Lipinski definition) is 1. The van der Waals surface area contributed by atoms with Gasteiger partial charge in [0.05, 0.1) is 30.4 Å². The first-order valence-corrected chi connectivity index (χ1v) is 5.92. The number of imidazole rings is 1. The minimum atomic E-state index is -0.423. The van der Waals surface area contributed by atoms with Crippen molar-refractivity contribution in [2.24, 2.45) is 5.73 Å². The van der Waals surface area contributed by atoms with Gasteiger partial charge in [0.15, 0.2) is 0 Å². The average Bonchev–Trinajstić information content (AvgIpc) is 2.78. The highest BCUT2D eigenvalue weighted by atomic mass is 16.5. The molecule has 0 aliphatic carbocycles. The fraction of sp³-hybridized carbons (Fsp3) is 0.357. The summed E-state index contributed by atoms with van der Waals surface area (Å²) in [6.45, 7) is 4.54. The number of aromatic nitrogens is 2. The smallest absolute Gasteiger partial charge is 0.0994 e. The Kier molecular flexibility index (Phi) is 3.50. The molecular formula is C14H19N3O. The summed E-state index contributed by atoms with van der Waals surface area (Å²) in [6.07, 6.45) is 3.60. The van der Waals surface area contributed by atoms with Crippen molar-refractivity contribution >= 4 is 0 Å². The van der Waals surface area contributed by atoms with Crippen LogP contribution in [-0.2, 0) is 16.9 Å². The van der Waals surface area contributed by atoms with E-state index in [1.54, 1.807) is 13.4 Å². The van der Waals surface area contributed by atoms with Crippen molar-refractivity contribution in [3.8, 4) is 5.69 Å². The maximum Gasteiger partial charge on any atom is 0.0994 e. The molecule has 1 aromatic heterocycles. The predicted molar refractivity (Wildman–Crippen MR) is 71.5 cm³/mol. The van der Waals surface area contributed by atoms with E-state index in [1.165, 1.54) is 0 Å². The molecule has 96 valence electrons. The summed E-state index contributed by atoms with van der Waals surface area (Å²) < 4.78 is 7.16. The van der Waals surface area contributed by atoms with Crippen LogP contribution >= 0.6 is 0 Å². The summed E-state index contributed by atoms with van der Waals surface area (Å²) in [6, 6.07) is 8.17. The molecule has 4 heteroatoms. The quantitative estimate of drug-likeness (QED) is 0.898. The second kappa shape index (κ2) is 4.92. The Hall–Kier alpha value is -1.65. The molecule has 18 heavy (non-hydrogen) atoms. The minimum absolute atomic E-state index is 0.423. The van der Waals surface area contributed by atoms with Crippen LogP contribution in [0.5, 0.6) is 0 Å². The summed E-state index contributed by atoms with van der Waals surface area (Å²) >= 11 is 0. The largest absolute Gasteiger partial charge is 0.380 e. The van der Waals surface area contributed by atoms with Crippen LogP contribution in [0.15, 0.2) is 36.8 Å². The van der Waals surface area contributed by atoms with Crippen molar-refractivity contribution in [2.45, 2.75) is 26.0 Å². The lowest BCUT2D eigenvalue weighted by Gasteiger charge is -2.21. The lowest BCUT2D eigenvalue weighted by atomic mass is 10.0. The fourth-order valence-corrected chi connectivity index (χ4v) is 1.94. The number of ether oxygens (including phenoxy) is 1. The summed E-state index contributed by atoms with van der Waals surface area (Å²) in [5.41, 5.74) is 8.89. The first kappa shape index (κ1) is 12.8. The van der Waals surface area contributed by atoms with E-state index in [2.05, 4.69) is 11.1 Å². The Morgan fingerprint density at radius 1 is 1.39 bits per heavy atom. The molecule has 0 atom stereocenters. The van der Waals surface area contributed by atoms with Gasteiger partial charge in [-0.25, -0.2) is 4.98 Å². The standard InChI is InChI=1S/C14H19N3O/c1-14(2,15)13-8-16-10-17(13)12-6-4-5-11(7-12)9-18-3/h4-8,10H,9,15H2,1-3H3. The van der Waals surface area contributed by atoms with Gasteiger partial charge in [0, 0.05) is 12.8 Å². The SMILES string of the molecule is COCc1cccc(-n2cncc2C(C)(C)N)c1. The van der Waals surface area contributed by atoms with Gasteiger partial charge in [-0.15, -0.1) is 0 Å². The average molecular weight is 245 g/mol. The molecule has 0 fully saturated rings. The Morgan fingerprint density at radius 2 is 2.17 bits per heavy atom. The molecule has 0 saturated heterocycles. The number of nitrogens with two attached hydrogens (primary N) is 1. The topological polar surface area (TPSA) is 53.1 Å². The Labute approximate surface area is 107 Å². The zero-order valence-electron chi connectivity index (χ0n) is 11.1. The monoisotopic (exact) mass is 245 g/mol. The van der Waals surface area contributed by atoms with Crippen LogP contribution in [0.25, 0.3) is 5.69 Å². The van der Waals surface area contributed by atoms with E-state index in [0.29, 0.717) is 6.61 Å². The molecule has 0 amide bonds. The summed E-state index contributed by atoms with van der Waals surface area (Å²) in [7, 11) is 1.69. The van der Waals surface area contributed by atoms with Gasteiger partial charge in [0.25, 0.3) is 0 Å². The van der Waals surface area contributed by atoms with Crippen molar-refractivity contribution in [3.05, 3.63) is 48.0 Å². The molecule has 2 aromatic rings.